The second-order valence-electron chi connectivity index (χ2n) is 4.57. The quantitative estimate of drug-likeness (QED) is 0.742. The van der Waals surface area contributed by atoms with Gasteiger partial charge in [0, 0.05) is 18.2 Å². The normalized spacial score (nSPS) is 10.7. The van der Waals surface area contributed by atoms with Gasteiger partial charge >= 0.3 is 0 Å². The maximum atomic E-state index is 8.82. The minimum absolute atomic E-state index is 0.00999. The molecule has 2 N–H and O–H groups in total. The molecule has 0 heterocycles. The average Bonchev–Trinajstić information content (AvgIpc) is 2.36. The molecule has 0 atom stereocenters. The molecule has 0 aromatic heterocycles. The lowest BCUT2D eigenvalue weighted by Crippen LogP contribution is -2.19. The van der Waals surface area contributed by atoms with Crippen LogP contribution in [0.1, 0.15) is 19.4 Å². The highest BCUT2D eigenvalue weighted by atomic mass is 16.5. The molecule has 0 aliphatic carbocycles. The standard InChI is InChI=1S/C14H23NO3/c1-11(2)9-15-10-12-4-5-13(17-3)8-14(12)18-7-6-16/h4-5,8,11,15-16H,6-7,9-10H2,1-3H3. The van der Waals surface area contributed by atoms with Crippen molar-refractivity contribution in [1.29, 1.82) is 0 Å². The van der Waals surface area contributed by atoms with Crippen molar-refractivity contribution in [3.05, 3.63) is 23.8 Å². The molecule has 1 aromatic carbocycles. The van der Waals surface area contributed by atoms with Crippen molar-refractivity contribution in [3.63, 3.8) is 0 Å². The molecular weight excluding hydrogens is 230 g/mol. The van der Waals surface area contributed by atoms with E-state index in [9.17, 15) is 0 Å². The molecule has 0 radical (unpaired) electrons. The molecule has 4 nitrogen and oxygen atoms in total. The summed E-state index contributed by atoms with van der Waals surface area (Å²) >= 11 is 0. The van der Waals surface area contributed by atoms with E-state index in [2.05, 4.69) is 19.2 Å². The predicted molar refractivity (Wildman–Crippen MR) is 72.1 cm³/mol. The van der Waals surface area contributed by atoms with Crippen LogP contribution in [0.2, 0.25) is 0 Å². The molecule has 0 bridgehead atoms. The zero-order valence-electron chi connectivity index (χ0n) is 11.4. The lowest BCUT2D eigenvalue weighted by Gasteiger charge is -2.13. The maximum absolute atomic E-state index is 8.82. The van der Waals surface area contributed by atoms with Crippen molar-refractivity contribution >= 4 is 0 Å². The van der Waals surface area contributed by atoms with Crippen LogP contribution in [0.15, 0.2) is 18.2 Å². The summed E-state index contributed by atoms with van der Waals surface area (Å²) in [5.41, 5.74) is 1.07. The Balaban J connectivity index is 2.68. The van der Waals surface area contributed by atoms with E-state index >= 15 is 0 Å². The van der Waals surface area contributed by atoms with Crippen LogP contribution in [-0.2, 0) is 6.54 Å². The van der Waals surface area contributed by atoms with Gasteiger partial charge in [-0.15, -0.1) is 0 Å². The monoisotopic (exact) mass is 253 g/mol. The molecule has 0 aliphatic heterocycles. The van der Waals surface area contributed by atoms with Crippen LogP contribution in [-0.4, -0.2) is 32.0 Å². The topological polar surface area (TPSA) is 50.7 Å². The van der Waals surface area contributed by atoms with Crippen LogP contribution in [0.5, 0.6) is 11.5 Å². The van der Waals surface area contributed by atoms with E-state index in [0.29, 0.717) is 12.5 Å². The number of ether oxygens (including phenoxy) is 2. The third kappa shape index (κ3) is 4.94. The van der Waals surface area contributed by atoms with Crippen molar-refractivity contribution in [2.75, 3.05) is 26.9 Å². The van der Waals surface area contributed by atoms with Gasteiger partial charge in [0.25, 0.3) is 0 Å². The van der Waals surface area contributed by atoms with Gasteiger partial charge < -0.3 is 19.9 Å². The molecule has 0 amide bonds. The third-order valence-corrected chi connectivity index (χ3v) is 2.49. The summed E-state index contributed by atoms with van der Waals surface area (Å²) in [6.07, 6.45) is 0. The fraction of sp³-hybridized carbons (Fsp3) is 0.571. The Hall–Kier alpha value is -1.26. The minimum Gasteiger partial charge on any atom is -0.497 e. The van der Waals surface area contributed by atoms with Gasteiger partial charge in [0.2, 0.25) is 0 Å². The third-order valence-electron chi connectivity index (χ3n) is 2.49. The summed E-state index contributed by atoms with van der Waals surface area (Å²) in [5, 5.41) is 12.2. The Bertz CT molecular complexity index is 353. The number of nitrogens with one attached hydrogen (secondary N) is 1. The summed E-state index contributed by atoms with van der Waals surface area (Å²) in [7, 11) is 1.63. The second-order valence-corrected chi connectivity index (χ2v) is 4.57. The number of aliphatic hydroxyl groups is 1. The van der Waals surface area contributed by atoms with Crippen LogP contribution < -0.4 is 14.8 Å². The SMILES string of the molecule is COc1ccc(CNCC(C)C)c(OCCO)c1. The van der Waals surface area contributed by atoms with Crippen molar-refractivity contribution in [2.45, 2.75) is 20.4 Å². The lowest BCUT2D eigenvalue weighted by molar-refractivity contribution is 0.199. The van der Waals surface area contributed by atoms with Crippen molar-refractivity contribution in [3.8, 4) is 11.5 Å². The van der Waals surface area contributed by atoms with E-state index in [4.69, 9.17) is 14.6 Å². The van der Waals surface area contributed by atoms with E-state index in [-0.39, 0.29) is 6.61 Å². The van der Waals surface area contributed by atoms with Crippen LogP contribution >= 0.6 is 0 Å². The second kappa shape index (κ2) is 7.95. The fourth-order valence-electron chi connectivity index (χ4n) is 1.59. The van der Waals surface area contributed by atoms with E-state index in [1.807, 2.05) is 18.2 Å². The fourth-order valence-corrected chi connectivity index (χ4v) is 1.59. The van der Waals surface area contributed by atoms with Gasteiger partial charge in [0.15, 0.2) is 0 Å². The zero-order valence-corrected chi connectivity index (χ0v) is 11.4. The van der Waals surface area contributed by atoms with Gasteiger partial charge in [-0.2, -0.15) is 0 Å². The number of hydrogen-bond acceptors (Lipinski definition) is 4. The van der Waals surface area contributed by atoms with E-state index < -0.39 is 0 Å². The first-order chi connectivity index (χ1) is 8.67. The highest BCUT2D eigenvalue weighted by molar-refractivity contribution is 5.40. The van der Waals surface area contributed by atoms with Gasteiger partial charge in [0.05, 0.1) is 13.7 Å². The first kappa shape index (κ1) is 14.8. The smallest absolute Gasteiger partial charge is 0.127 e. The molecule has 0 fully saturated rings. The van der Waals surface area contributed by atoms with E-state index in [0.717, 1.165) is 30.2 Å². The molecule has 0 spiro atoms. The summed E-state index contributed by atoms with van der Waals surface area (Å²) in [6, 6.07) is 5.75. The molecule has 0 saturated heterocycles. The number of rotatable bonds is 8. The van der Waals surface area contributed by atoms with Crippen molar-refractivity contribution in [1.82, 2.24) is 5.32 Å². The lowest BCUT2D eigenvalue weighted by atomic mass is 10.1. The van der Waals surface area contributed by atoms with E-state index in [1.165, 1.54) is 0 Å². The molecule has 0 aliphatic rings. The Labute approximate surface area is 109 Å². The largest absolute Gasteiger partial charge is 0.497 e. The van der Waals surface area contributed by atoms with Crippen LogP contribution in [0.25, 0.3) is 0 Å². The number of methoxy groups -OCH3 is 1. The molecular formula is C14H23NO3. The zero-order chi connectivity index (χ0) is 13.4. The first-order valence-electron chi connectivity index (χ1n) is 6.28. The minimum atomic E-state index is 0.00999. The first-order valence-corrected chi connectivity index (χ1v) is 6.28. The Morgan fingerprint density at radius 2 is 2.11 bits per heavy atom. The van der Waals surface area contributed by atoms with Crippen LogP contribution in [0.3, 0.4) is 0 Å². The number of hydrogen-bond donors (Lipinski definition) is 2. The molecule has 0 unspecified atom stereocenters. The number of benzene rings is 1. The van der Waals surface area contributed by atoms with Crippen molar-refractivity contribution < 1.29 is 14.6 Å². The summed E-state index contributed by atoms with van der Waals surface area (Å²) < 4.78 is 10.7. The average molecular weight is 253 g/mol. The Morgan fingerprint density at radius 3 is 2.72 bits per heavy atom. The molecule has 18 heavy (non-hydrogen) atoms. The Morgan fingerprint density at radius 1 is 1.33 bits per heavy atom. The summed E-state index contributed by atoms with van der Waals surface area (Å²) in [6.45, 7) is 6.36. The van der Waals surface area contributed by atoms with Gasteiger partial charge in [0.1, 0.15) is 18.1 Å². The van der Waals surface area contributed by atoms with Gasteiger partial charge in [-0.05, 0) is 18.5 Å². The molecule has 1 rings (SSSR count). The van der Waals surface area contributed by atoms with Gasteiger partial charge in [-0.25, -0.2) is 0 Å². The molecule has 1 aromatic rings. The van der Waals surface area contributed by atoms with Crippen molar-refractivity contribution in [2.24, 2.45) is 5.92 Å². The summed E-state index contributed by atoms with van der Waals surface area (Å²) in [4.78, 5) is 0. The van der Waals surface area contributed by atoms with Crippen LogP contribution in [0.4, 0.5) is 0 Å². The highest BCUT2D eigenvalue weighted by Gasteiger charge is 2.06. The van der Waals surface area contributed by atoms with Gasteiger partial charge in [-0.1, -0.05) is 19.9 Å². The number of aliphatic hydroxyl groups excluding tert-OH is 1. The molecule has 102 valence electrons. The molecule has 4 heteroatoms. The predicted octanol–water partition coefficient (Wildman–Crippen LogP) is 1.81. The Kier molecular flexibility index (Phi) is 6.54. The highest BCUT2D eigenvalue weighted by Crippen LogP contribution is 2.24. The van der Waals surface area contributed by atoms with Gasteiger partial charge in [-0.3, -0.25) is 0 Å². The maximum Gasteiger partial charge on any atom is 0.127 e. The van der Waals surface area contributed by atoms with E-state index in [1.54, 1.807) is 7.11 Å². The summed E-state index contributed by atoms with van der Waals surface area (Å²) in [5.74, 6) is 2.14. The molecule has 0 saturated carbocycles. The van der Waals surface area contributed by atoms with Crippen LogP contribution in [0, 0.1) is 5.92 Å².